The van der Waals surface area contributed by atoms with E-state index in [-0.39, 0.29) is 5.88 Å². The van der Waals surface area contributed by atoms with Gasteiger partial charge in [0.1, 0.15) is 11.3 Å². The molecule has 0 aliphatic carbocycles. The van der Waals surface area contributed by atoms with Crippen molar-refractivity contribution in [1.29, 1.82) is 0 Å². The Bertz CT molecular complexity index is 777. The van der Waals surface area contributed by atoms with Gasteiger partial charge in [0.2, 0.25) is 0 Å². The molecule has 0 unspecified atom stereocenters. The predicted octanol–water partition coefficient (Wildman–Crippen LogP) is 2.40. The fourth-order valence-corrected chi connectivity index (χ4v) is 2.30. The monoisotopic (exact) mass is 251 g/mol. The first-order valence-electron chi connectivity index (χ1n) is 5.92. The van der Waals surface area contributed by atoms with Gasteiger partial charge in [0, 0.05) is 6.07 Å². The van der Waals surface area contributed by atoms with Gasteiger partial charge in [0.05, 0.1) is 0 Å². The zero-order valence-corrected chi connectivity index (χ0v) is 9.87. The minimum atomic E-state index is -0.206. The van der Waals surface area contributed by atoms with E-state index in [1.165, 1.54) is 10.8 Å². The van der Waals surface area contributed by atoms with E-state index in [2.05, 4.69) is 0 Å². The van der Waals surface area contributed by atoms with Gasteiger partial charge >= 0.3 is 5.89 Å². The quantitative estimate of drug-likeness (QED) is 0.451. The molecule has 1 aliphatic heterocycles. The maximum atomic E-state index is 12.0. The van der Waals surface area contributed by atoms with Crippen molar-refractivity contribution in [3.05, 3.63) is 54.8 Å². The summed E-state index contributed by atoms with van der Waals surface area (Å²) in [4.78, 5) is 0. The highest BCUT2D eigenvalue weighted by Crippen LogP contribution is 2.38. The van der Waals surface area contributed by atoms with Crippen LogP contribution in [-0.4, -0.2) is 0 Å². The van der Waals surface area contributed by atoms with Crippen molar-refractivity contribution in [3.8, 4) is 34.5 Å². The molecule has 0 bridgehead atoms. The summed E-state index contributed by atoms with van der Waals surface area (Å²) in [5, 5.41) is 12.0. The maximum Gasteiger partial charge on any atom is 0.389 e. The zero-order chi connectivity index (χ0) is 12.8. The van der Waals surface area contributed by atoms with E-state index >= 15 is 0 Å². The molecule has 0 amide bonds. The van der Waals surface area contributed by atoms with Gasteiger partial charge in [0.25, 0.3) is 5.69 Å². The molecule has 4 heteroatoms. The number of hydrogen-bond donors (Lipinski definition) is 0. The highest BCUT2D eigenvalue weighted by molar-refractivity contribution is 5.64. The Morgan fingerprint density at radius 2 is 1.63 bits per heavy atom. The van der Waals surface area contributed by atoms with Crippen molar-refractivity contribution in [2.75, 3.05) is 0 Å². The molecule has 0 saturated heterocycles. The number of ether oxygens (including phenoxy) is 1. The Labute approximate surface area is 109 Å². The number of oxazole rings is 1. The molecule has 2 heterocycles. The van der Waals surface area contributed by atoms with Crippen LogP contribution in [0.3, 0.4) is 0 Å². The van der Waals surface area contributed by atoms with Gasteiger partial charge in [-0.3, -0.25) is 0 Å². The van der Waals surface area contributed by atoms with E-state index in [0.29, 0.717) is 23.1 Å². The van der Waals surface area contributed by atoms with Gasteiger partial charge in [0.15, 0.2) is 17.9 Å². The van der Waals surface area contributed by atoms with Gasteiger partial charge in [-0.25, -0.2) is 0 Å². The summed E-state index contributed by atoms with van der Waals surface area (Å²) in [6.07, 6.45) is 1.22. The average molecular weight is 251 g/mol. The number of aromatic nitrogens is 1. The second-order valence-corrected chi connectivity index (χ2v) is 4.28. The van der Waals surface area contributed by atoms with Crippen molar-refractivity contribution in [2.24, 2.45) is 0 Å². The predicted molar refractivity (Wildman–Crippen MR) is 65.2 cm³/mol. The standard InChI is InChI=1S/C15H9NO3/c17-14-9-18-15-10-5-1-3-7-12(10)19-13-8-4-2-6-11(13)16(14)15/h1-9H. The third kappa shape index (κ3) is 1.37. The van der Waals surface area contributed by atoms with Crippen LogP contribution in [0.2, 0.25) is 0 Å². The van der Waals surface area contributed by atoms with Gasteiger partial charge in [-0.15, -0.1) is 4.57 Å². The number of fused-ring (bicyclic) bond motifs is 5. The van der Waals surface area contributed by atoms with Crippen LogP contribution in [0.4, 0.5) is 0 Å². The van der Waals surface area contributed by atoms with Crippen LogP contribution in [0, 0.1) is 0 Å². The molecule has 0 radical (unpaired) electrons. The van der Waals surface area contributed by atoms with Crippen molar-refractivity contribution in [1.82, 2.24) is 0 Å². The number of hydrogen-bond acceptors (Lipinski definition) is 3. The Morgan fingerprint density at radius 1 is 0.895 bits per heavy atom. The summed E-state index contributed by atoms with van der Waals surface area (Å²) >= 11 is 0. The second kappa shape index (κ2) is 3.62. The van der Waals surface area contributed by atoms with E-state index in [9.17, 15) is 5.11 Å². The van der Waals surface area contributed by atoms with E-state index in [1.807, 2.05) is 48.5 Å². The molecule has 4 nitrogen and oxygen atoms in total. The summed E-state index contributed by atoms with van der Waals surface area (Å²) in [5.74, 6) is 1.60. The highest BCUT2D eigenvalue weighted by Gasteiger charge is 2.31. The number of para-hydroxylation sites is 3. The maximum absolute atomic E-state index is 12.0. The van der Waals surface area contributed by atoms with Gasteiger partial charge < -0.3 is 14.3 Å². The van der Waals surface area contributed by atoms with Crippen LogP contribution >= 0.6 is 0 Å². The Kier molecular flexibility index (Phi) is 1.94. The summed E-state index contributed by atoms with van der Waals surface area (Å²) in [5.41, 5.74) is 1.45. The molecular formula is C15H9NO3. The van der Waals surface area contributed by atoms with Crippen molar-refractivity contribution >= 4 is 0 Å². The lowest BCUT2D eigenvalue weighted by molar-refractivity contribution is -0.641. The van der Waals surface area contributed by atoms with E-state index in [0.717, 1.165) is 5.56 Å². The summed E-state index contributed by atoms with van der Waals surface area (Å²) < 4.78 is 12.8. The third-order valence-electron chi connectivity index (χ3n) is 3.14. The largest absolute Gasteiger partial charge is 0.820 e. The van der Waals surface area contributed by atoms with Crippen LogP contribution < -0.4 is 14.4 Å². The minimum Gasteiger partial charge on any atom is -0.820 e. The number of nitrogens with zero attached hydrogens (tertiary/aromatic N) is 1. The van der Waals surface area contributed by atoms with Gasteiger partial charge in [-0.05, 0) is 18.2 Å². The molecule has 4 rings (SSSR count). The third-order valence-corrected chi connectivity index (χ3v) is 3.14. The van der Waals surface area contributed by atoms with Crippen LogP contribution in [0.15, 0.2) is 59.2 Å². The molecule has 1 aromatic heterocycles. The van der Waals surface area contributed by atoms with Crippen LogP contribution in [0.1, 0.15) is 0 Å². The molecule has 0 atom stereocenters. The molecule has 19 heavy (non-hydrogen) atoms. The average Bonchev–Trinajstić information content (AvgIpc) is 2.75. The van der Waals surface area contributed by atoms with E-state index in [4.69, 9.17) is 9.15 Å². The lowest BCUT2D eigenvalue weighted by Crippen LogP contribution is -2.33. The lowest BCUT2D eigenvalue weighted by Gasteiger charge is -2.04. The molecule has 0 saturated carbocycles. The van der Waals surface area contributed by atoms with E-state index in [1.54, 1.807) is 0 Å². The van der Waals surface area contributed by atoms with E-state index < -0.39 is 0 Å². The number of rotatable bonds is 0. The highest BCUT2D eigenvalue weighted by atomic mass is 16.5. The van der Waals surface area contributed by atoms with Crippen molar-refractivity contribution in [3.63, 3.8) is 0 Å². The first kappa shape index (κ1) is 10.2. The molecule has 92 valence electrons. The minimum absolute atomic E-state index is 0.206. The van der Waals surface area contributed by atoms with Crippen LogP contribution in [-0.2, 0) is 0 Å². The van der Waals surface area contributed by atoms with Gasteiger partial charge in [-0.1, -0.05) is 24.3 Å². The summed E-state index contributed by atoms with van der Waals surface area (Å²) in [7, 11) is 0. The van der Waals surface area contributed by atoms with Crippen molar-refractivity contribution < 1.29 is 18.8 Å². The van der Waals surface area contributed by atoms with Crippen molar-refractivity contribution in [2.45, 2.75) is 0 Å². The SMILES string of the molecule is [O-]c1coc2[n+]1-c1ccccc1Oc1ccccc1-2. The fourth-order valence-electron chi connectivity index (χ4n) is 2.30. The Balaban J connectivity index is 2.14. The fraction of sp³-hybridized carbons (Fsp3) is 0. The topological polar surface area (TPSA) is 49.3 Å². The zero-order valence-electron chi connectivity index (χ0n) is 9.87. The molecule has 2 aromatic carbocycles. The first-order valence-corrected chi connectivity index (χ1v) is 5.92. The Morgan fingerprint density at radius 3 is 2.53 bits per heavy atom. The molecule has 0 fully saturated rings. The molecule has 0 N–H and O–H groups in total. The van der Waals surface area contributed by atoms with Crippen LogP contribution in [0.5, 0.6) is 17.4 Å². The Hall–Kier alpha value is -2.75. The first-order chi connectivity index (χ1) is 9.34. The van der Waals surface area contributed by atoms with Gasteiger partial charge in [-0.2, -0.15) is 0 Å². The number of benzene rings is 2. The molecule has 3 aromatic rings. The van der Waals surface area contributed by atoms with Crippen LogP contribution in [0.25, 0.3) is 17.1 Å². The normalized spacial score (nSPS) is 11.8. The lowest BCUT2D eigenvalue weighted by atomic mass is 10.2. The molecule has 1 aliphatic rings. The smallest absolute Gasteiger partial charge is 0.389 e. The molecular weight excluding hydrogens is 242 g/mol. The summed E-state index contributed by atoms with van der Waals surface area (Å²) in [6.45, 7) is 0. The second-order valence-electron chi connectivity index (χ2n) is 4.28. The molecule has 0 spiro atoms. The summed E-state index contributed by atoms with van der Waals surface area (Å²) in [6, 6.07) is 14.9.